The summed E-state index contributed by atoms with van der Waals surface area (Å²) in [6.07, 6.45) is 2.14. The van der Waals surface area contributed by atoms with Gasteiger partial charge < -0.3 is 9.80 Å². The van der Waals surface area contributed by atoms with Crippen LogP contribution in [0, 0.1) is 13.8 Å². The van der Waals surface area contributed by atoms with E-state index in [1.165, 1.54) is 11.1 Å². The van der Waals surface area contributed by atoms with E-state index in [2.05, 4.69) is 43.0 Å². The quantitative estimate of drug-likeness (QED) is 0.418. The van der Waals surface area contributed by atoms with Crippen molar-refractivity contribution in [2.45, 2.75) is 40.0 Å². The van der Waals surface area contributed by atoms with E-state index in [-0.39, 0.29) is 5.91 Å². The lowest BCUT2D eigenvalue weighted by atomic mass is 10.1. The Morgan fingerprint density at radius 2 is 1.63 bits per heavy atom. The van der Waals surface area contributed by atoms with Gasteiger partial charge in [0.25, 0.3) is 0 Å². The minimum atomic E-state index is 0.244. The molecule has 1 saturated heterocycles. The molecule has 1 amide bonds. The summed E-state index contributed by atoms with van der Waals surface area (Å²) in [6, 6.07) is 18.7. The third-order valence-corrected chi connectivity index (χ3v) is 6.61. The molecule has 0 spiro atoms. The van der Waals surface area contributed by atoms with E-state index in [9.17, 15) is 4.79 Å². The number of piperazine rings is 1. The van der Waals surface area contributed by atoms with Crippen LogP contribution in [-0.4, -0.2) is 56.7 Å². The molecule has 4 aromatic rings. The number of aryl methyl sites for hydroxylation is 2. The van der Waals surface area contributed by atoms with E-state index < -0.39 is 0 Å². The molecule has 0 saturated carbocycles. The minimum absolute atomic E-state index is 0.244. The molecule has 0 N–H and O–H groups in total. The number of carbonyl (C=O) groups is 1. The Morgan fingerprint density at radius 1 is 0.914 bits per heavy atom. The second-order valence-corrected chi connectivity index (χ2v) is 9.28. The first-order chi connectivity index (χ1) is 17.0. The smallest absolute Gasteiger partial charge is 0.222 e. The van der Waals surface area contributed by atoms with Gasteiger partial charge in [-0.05, 0) is 38.0 Å². The van der Waals surface area contributed by atoms with Crippen LogP contribution in [0.5, 0.6) is 0 Å². The molecule has 1 aliphatic heterocycles. The number of nitrogens with zero attached hydrogens (tertiary/aromatic N) is 6. The molecule has 2 aromatic heterocycles. The summed E-state index contributed by atoms with van der Waals surface area (Å²) in [7, 11) is 0. The number of carbonyl (C=O) groups excluding carboxylic acids is 1. The molecule has 7 nitrogen and oxygen atoms in total. The zero-order valence-corrected chi connectivity index (χ0v) is 20.7. The zero-order valence-electron chi connectivity index (χ0n) is 20.7. The topological polar surface area (TPSA) is 67.2 Å². The average molecular weight is 469 g/mol. The number of anilines is 1. The van der Waals surface area contributed by atoms with E-state index >= 15 is 0 Å². The van der Waals surface area contributed by atoms with Crippen molar-refractivity contribution >= 4 is 22.8 Å². The third-order valence-electron chi connectivity index (χ3n) is 6.61. The monoisotopic (exact) mass is 468 g/mol. The van der Waals surface area contributed by atoms with Gasteiger partial charge in [0.05, 0.1) is 16.8 Å². The van der Waals surface area contributed by atoms with Gasteiger partial charge in [-0.1, -0.05) is 55.0 Å². The predicted octanol–water partition coefficient (Wildman–Crippen LogP) is 4.47. The number of hydrogen-bond acceptors (Lipinski definition) is 5. The van der Waals surface area contributed by atoms with Gasteiger partial charge in [0.15, 0.2) is 5.65 Å². The summed E-state index contributed by atoms with van der Waals surface area (Å²) in [6.45, 7) is 9.09. The van der Waals surface area contributed by atoms with E-state index in [0.29, 0.717) is 25.9 Å². The standard InChI is InChI=1S/C28H32N6O/c1-4-8-25(35)32-15-17-33(18-16-32)27-26-21(3)31-34(23-9-6-5-7-10-23)28(26)30-24(29-27)19-22-13-11-20(2)12-14-22/h5-7,9-14H,4,8,15-19H2,1-3H3. The van der Waals surface area contributed by atoms with E-state index in [1.807, 2.05) is 46.8 Å². The van der Waals surface area contributed by atoms with E-state index in [1.54, 1.807) is 0 Å². The number of hydrogen-bond donors (Lipinski definition) is 0. The molecule has 1 aliphatic rings. The van der Waals surface area contributed by atoms with Crippen LogP contribution in [0.2, 0.25) is 0 Å². The fourth-order valence-electron chi connectivity index (χ4n) is 4.69. The predicted molar refractivity (Wildman–Crippen MR) is 139 cm³/mol. The molecule has 180 valence electrons. The fraction of sp³-hybridized carbons (Fsp3) is 0.357. The van der Waals surface area contributed by atoms with Gasteiger partial charge in [-0.3, -0.25) is 4.79 Å². The van der Waals surface area contributed by atoms with Crippen molar-refractivity contribution < 1.29 is 4.79 Å². The highest BCUT2D eigenvalue weighted by atomic mass is 16.2. The molecule has 0 radical (unpaired) electrons. The number of fused-ring (bicyclic) bond motifs is 1. The van der Waals surface area contributed by atoms with Crippen LogP contribution in [0.1, 0.15) is 42.4 Å². The second-order valence-electron chi connectivity index (χ2n) is 9.28. The Bertz CT molecular complexity index is 1320. The Labute approximate surface area is 206 Å². The molecular weight excluding hydrogens is 436 g/mol. The maximum absolute atomic E-state index is 12.4. The van der Waals surface area contributed by atoms with E-state index in [4.69, 9.17) is 15.1 Å². The third kappa shape index (κ3) is 4.76. The van der Waals surface area contributed by atoms with Crippen molar-refractivity contribution in [1.82, 2.24) is 24.6 Å². The van der Waals surface area contributed by atoms with Gasteiger partial charge in [-0.15, -0.1) is 0 Å². The van der Waals surface area contributed by atoms with Crippen LogP contribution in [-0.2, 0) is 11.2 Å². The number of benzene rings is 2. The lowest BCUT2D eigenvalue weighted by Gasteiger charge is -2.35. The first kappa shape index (κ1) is 23.0. The van der Waals surface area contributed by atoms with Gasteiger partial charge >= 0.3 is 0 Å². The molecular formula is C28H32N6O. The summed E-state index contributed by atoms with van der Waals surface area (Å²) < 4.78 is 1.93. The van der Waals surface area contributed by atoms with Gasteiger partial charge in [-0.25, -0.2) is 14.6 Å². The summed E-state index contributed by atoms with van der Waals surface area (Å²) in [5.74, 6) is 1.94. The van der Waals surface area contributed by atoms with Crippen LogP contribution < -0.4 is 4.90 Å². The van der Waals surface area contributed by atoms with Gasteiger partial charge in [0.2, 0.25) is 5.91 Å². The number of amides is 1. The van der Waals surface area contributed by atoms with Crippen molar-refractivity contribution in [2.24, 2.45) is 0 Å². The second kappa shape index (κ2) is 9.86. The largest absolute Gasteiger partial charge is 0.352 e. The molecule has 35 heavy (non-hydrogen) atoms. The molecule has 1 fully saturated rings. The highest BCUT2D eigenvalue weighted by Gasteiger charge is 2.26. The van der Waals surface area contributed by atoms with Crippen LogP contribution in [0.15, 0.2) is 54.6 Å². The summed E-state index contributed by atoms with van der Waals surface area (Å²) in [5, 5.41) is 5.85. The molecule has 0 aliphatic carbocycles. The molecule has 0 bridgehead atoms. The molecule has 5 rings (SSSR count). The number of aromatic nitrogens is 4. The van der Waals surface area contributed by atoms with Crippen LogP contribution in [0.25, 0.3) is 16.7 Å². The van der Waals surface area contributed by atoms with Crippen LogP contribution in [0.4, 0.5) is 5.82 Å². The lowest BCUT2D eigenvalue weighted by molar-refractivity contribution is -0.131. The highest BCUT2D eigenvalue weighted by molar-refractivity contribution is 5.91. The summed E-state index contributed by atoms with van der Waals surface area (Å²) in [5.41, 5.74) is 5.12. The summed E-state index contributed by atoms with van der Waals surface area (Å²) >= 11 is 0. The zero-order chi connectivity index (χ0) is 24.4. The average Bonchev–Trinajstić information content (AvgIpc) is 3.22. The molecule has 0 unspecified atom stereocenters. The van der Waals surface area contributed by atoms with Crippen LogP contribution in [0.3, 0.4) is 0 Å². The number of para-hydroxylation sites is 1. The normalized spacial score (nSPS) is 14.0. The van der Waals surface area contributed by atoms with Crippen molar-refractivity contribution in [1.29, 1.82) is 0 Å². The number of rotatable bonds is 6. The first-order valence-electron chi connectivity index (χ1n) is 12.4. The van der Waals surface area contributed by atoms with Crippen molar-refractivity contribution in [3.8, 4) is 5.69 Å². The summed E-state index contributed by atoms with van der Waals surface area (Å²) in [4.78, 5) is 26.8. The van der Waals surface area contributed by atoms with Crippen molar-refractivity contribution in [3.05, 3.63) is 77.2 Å². The van der Waals surface area contributed by atoms with Gasteiger partial charge in [-0.2, -0.15) is 5.10 Å². The maximum atomic E-state index is 12.4. The molecule has 3 heterocycles. The fourth-order valence-corrected chi connectivity index (χ4v) is 4.69. The van der Waals surface area contributed by atoms with Crippen molar-refractivity contribution in [2.75, 3.05) is 31.1 Å². The lowest BCUT2D eigenvalue weighted by Crippen LogP contribution is -2.49. The maximum Gasteiger partial charge on any atom is 0.222 e. The van der Waals surface area contributed by atoms with E-state index in [0.717, 1.165) is 53.6 Å². The van der Waals surface area contributed by atoms with Gasteiger partial charge in [0, 0.05) is 39.0 Å². The molecule has 0 atom stereocenters. The minimum Gasteiger partial charge on any atom is -0.352 e. The van der Waals surface area contributed by atoms with Crippen molar-refractivity contribution in [3.63, 3.8) is 0 Å². The Hall–Kier alpha value is -3.74. The first-order valence-corrected chi connectivity index (χ1v) is 12.4. The highest BCUT2D eigenvalue weighted by Crippen LogP contribution is 2.30. The van der Waals surface area contributed by atoms with Gasteiger partial charge in [0.1, 0.15) is 11.6 Å². The Morgan fingerprint density at radius 3 is 2.31 bits per heavy atom. The van der Waals surface area contributed by atoms with Crippen LogP contribution >= 0.6 is 0 Å². The SMILES string of the molecule is CCCC(=O)N1CCN(c2nc(Cc3ccc(C)cc3)nc3c2c(C)nn3-c2ccccc2)CC1. The molecule has 2 aromatic carbocycles. The Kier molecular flexibility index (Phi) is 6.49. The molecule has 7 heteroatoms. The Balaban J connectivity index is 1.56.